The summed E-state index contributed by atoms with van der Waals surface area (Å²) in [5.41, 5.74) is 0.0840. The zero-order valence-corrected chi connectivity index (χ0v) is 22.1. The van der Waals surface area contributed by atoms with E-state index < -0.39 is 0 Å². The van der Waals surface area contributed by atoms with E-state index >= 15 is 0 Å². The predicted octanol–water partition coefficient (Wildman–Crippen LogP) is 3.32. The number of piperidine rings is 1. The van der Waals surface area contributed by atoms with Crippen LogP contribution in [0, 0.1) is 17.8 Å². The van der Waals surface area contributed by atoms with Crippen LogP contribution >= 0.6 is 24.0 Å². The number of aliphatic imine (C=N–C) groups is 1. The van der Waals surface area contributed by atoms with Gasteiger partial charge in [-0.3, -0.25) is 14.7 Å². The molecular formula is C23H44IN5O. The third-order valence-electron chi connectivity index (χ3n) is 7.18. The van der Waals surface area contributed by atoms with Crippen molar-refractivity contribution >= 4 is 35.8 Å². The molecule has 2 saturated heterocycles. The molecule has 0 aromatic carbocycles. The van der Waals surface area contributed by atoms with Gasteiger partial charge in [-0.1, -0.05) is 26.7 Å². The summed E-state index contributed by atoms with van der Waals surface area (Å²) in [6.07, 6.45) is 6.93. The third kappa shape index (κ3) is 6.71. The van der Waals surface area contributed by atoms with Gasteiger partial charge in [0.05, 0.1) is 0 Å². The predicted molar refractivity (Wildman–Crippen MR) is 135 cm³/mol. The summed E-state index contributed by atoms with van der Waals surface area (Å²) in [6, 6.07) is 0.296. The van der Waals surface area contributed by atoms with E-state index in [2.05, 4.69) is 53.1 Å². The summed E-state index contributed by atoms with van der Waals surface area (Å²) in [4.78, 5) is 21.8. The molecule has 3 unspecified atom stereocenters. The summed E-state index contributed by atoms with van der Waals surface area (Å²) in [6.45, 7) is 14.3. The smallest absolute Gasteiger partial charge is 0.225 e. The number of carbonyl (C=O) groups excluding carboxylic acids is 1. The van der Waals surface area contributed by atoms with Gasteiger partial charge in [-0.15, -0.1) is 24.0 Å². The lowest BCUT2D eigenvalue weighted by molar-refractivity contribution is -0.134. The Morgan fingerprint density at radius 3 is 2.30 bits per heavy atom. The first-order valence-electron chi connectivity index (χ1n) is 11.8. The van der Waals surface area contributed by atoms with Crippen molar-refractivity contribution in [2.45, 2.75) is 77.8 Å². The molecule has 0 spiro atoms. The summed E-state index contributed by atoms with van der Waals surface area (Å²) < 4.78 is 0. The number of hydrogen-bond donors (Lipinski definition) is 2. The summed E-state index contributed by atoms with van der Waals surface area (Å²) >= 11 is 0. The molecule has 0 bridgehead atoms. The highest BCUT2D eigenvalue weighted by atomic mass is 127. The van der Waals surface area contributed by atoms with Crippen molar-refractivity contribution in [3.63, 3.8) is 0 Å². The van der Waals surface area contributed by atoms with Crippen LogP contribution in [0.4, 0.5) is 0 Å². The minimum absolute atomic E-state index is 0. The molecule has 3 atom stereocenters. The van der Waals surface area contributed by atoms with Crippen LogP contribution in [0.1, 0.15) is 66.2 Å². The second kappa shape index (κ2) is 11.3. The SMILES string of the molecule is CN=C(NCC(C)(C)N1CC(C)CC(C)C1)NC1CCN(C(=O)C2CCCC2)C1.I. The van der Waals surface area contributed by atoms with E-state index in [1.54, 1.807) is 0 Å². The largest absolute Gasteiger partial charge is 0.355 e. The highest BCUT2D eigenvalue weighted by Crippen LogP contribution is 2.28. The lowest BCUT2D eigenvalue weighted by atomic mass is 9.88. The van der Waals surface area contributed by atoms with Crippen LogP contribution in [0.5, 0.6) is 0 Å². The van der Waals surface area contributed by atoms with Crippen LogP contribution in [-0.4, -0.2) is 73.0 Å². The molecule has 0 radical (unpaired) electrons. The summed E-state index contributed by atoms with van der Waals surface area (Å²) in [5, 5.41) is 7.12. The fraction of sp³-hybridized carbons (Fsp3) is 0.913. The van der Waals surface area contributed by atoms with E-state index in [4.69, 9.17) is 0 Å². The van der Waals surface area contributed by atoms with Crippen LogP contribution < -0.4 is 10.6 Å². The van der Waals surface area contributed by atoms with Crippen molar-refractivity contribution in [2.24, 2.45) is 22.7 Å². The molecule has 3 aliphatic rings. The second-order valence-corrected chi connectivity index (χ2v) is 10.5. The molecule has 174 valence electrons. The molecule has 1 aliphatic carbocycles. The van der Waals surface area contributed by atoms with E-state index in [0.717, 1.165) is 56.7 Å². The molecule has 0 aromatic heterocycles. The molecule has 2 heterocycles. The minimum Gasteiger partial charge on any atom is -0.355 e. The normalized spacial score (nSPS) is 29.0. The van der Waals surface area contributed by atoms with Gasteiger partial charge in [-0.25, -0.2) is 0 Å². The first kappa shape index (κ1) is 25.7. The second-order valence-electron chi connectivity index (χ2n) is 10.5. The van der Waals surface area contributed by atoms with Gasteiger partial charge in [-0.05, 0) is 51.4 Å². The molecule has 0 aromatic rings. The average molecular weight is 534 g/mol. The Kier molecular flexibility index (Phi) is 9.71. The standard InChI is InChI=1S/C23H43N5O.HI/c1-17-12-18(2)14-28(13-17)23(3,4)16-25-22(24-5)26-20-10-11-27(15-20)21(29)19-8-6-7-9-19;/h17-20H,6-16H2,1-5H3,(H2,24,25,26);1H. The Balaban J connectivity index is 0.00000320. The van der Waals surface area contributed by atoms with E-state index in [-0.39, 0.29) is 35.4 Å². The van der Waals surface area contributed by atoms with Gasteiger partial charge in [-0.2, -0.15) is 0 Å². The molecule has 6 nitrogen and oxygen atoms in total. The number of carbonyl (C=O) groups is 1. The monoisotopic (exact) mass is 533 g/mol. The molecule has 3 rings (SSSR count). The number of halogens is 1. The van der Waals surface area contributed by atoms with Crippen molar-refractivity contribution in [1.29, 1.82) is 0 Å². The molecule has 3 fully saturated rings. The third-order valence-corrected chi connectivity index (χ3v) is 7.18. The van der Waals surface area contributed by atoms with Crippen LogP contribution in [0.2, 0.25) is 0 Å². The molecule has 1 amide bonds. The quantitative estimate of drug-likeness (QED) is 0.324. The van der Waals surface area contributed by atoms with Gasteiger partial charge in [0.1, 0.15) is 0 Å². The van der Waals surface area contributed by atoms with Crippen LogP contribution in [0.3, 0.4) is 0 Å². The molecule has 1 saturated carbocycles. The number of hydrogen-bond acceptors (Lipinski definition) is 3. The molecule has 2 aliphatic heterocycles. The fourth-order valence-corrected chi connectivity index (χ4v) is 5.47. The molecular weight excluding hydrogens is 489 g/mol. The van der Waals surface area contributed by atoms with E-state index in [9.17, 15) is 4.79 Å². The Morgan fingerprint density at radius 1 is 1.07 bits per heavy atom. The Hall–Kier alpha value is -0.570. The van der Waals surface area contributed by atoms with Crippen LogP contribution in [0.15, 0.2) is 4.99 Å². The van der Waals surface area contributed by atoms with Gasteiger partial charge < -0.3 is 15.5 Å². The van der Waals surface area contributed by atoms with Crippen LogP contribution in [-0.2, 0) is 4.79 Å². The van der Waals surface area contributed by atoms with Gasteiger partial charge in [0.2, 0.25) is 5.91 Å². The topological polar surface area (TPSA) is 60.0 Å². The zero-order valence-electron chi connectivity index (χ0n) is 19.7. The number of guanidine groups is 1. The van der Waals surface area contributed by atoms with Gasteiger partial charge in [0.15, 0.2) is 5.96 Å². The van der Waals surface area contributed by atoms with Gasteiger partial charge in [0, 0.05) is 57.3 Å². The summed E-state index contributed by atoms with van der Waals surface area (Å²) in [5.74, 6) is 3.04. The van der Waals surface area contributed by atoms with Gasteiger partial charge in [0.25, 0.3) is 0 Å². The molecule has 2 N–H and O–H groups in total. The first-order valence-corrected chi connectivity index (χ1v) is 11.8. The summed E-state index contributed by atoms with van der Waals surface area (Å²) in [7, 11) is 1.84. The van der Waals surface area contributed by atoms with Crippen LogP contribution in [0.25, 0.3) is 0 Å². The number of rotatable bonds is 5. The maximum absolute atomic E-state index is 12.7. The Morgan fingerprint density at radius 2 is 1.70 bits per heavy atom. The van der Waals surface area contributed by atoms with E-state index in [1.165, 1.54) is 32.4 Å². The Bertz CT molecular complexity index is 580. The van der Waals surface area contributed by atoms with Crippen molar-refractivity contribution in [2.75, 3.05) is 39.8 Å². The average Bonchev–Trinajstić information content (AvgIpc) is 3.36. The fourth-order valence-electron chi connectivity index (χ4n) is 5.47. The highest BCUT2D eigenvalue weighted by Gasteiger charge is 2.34. The lowest BCUT2D eigenvalue weighted by Gasteiger charge is -2.45. The minimum atomic E-state index is 0. The number of amides is 1. The van der Waals surface area contributed by atoms with E-state index in [1.807, 2.05) is 7.05 Å². The van der Waals surface area contributed by atoms with Crippen molar-refractivity contribution in [3.05, 3.63) is 0 Å². The number of nitrogens with one attached hydrogen (secondary N) is 2. The van der Waals surface area contributed by atoms with Gasteiger partial charge >= 0.3 is 0 Å². The molecule has 30 heavy (non-hydrogen) atoms. The zero-order chi connectivity index (χ0) is 21.0. The number of nitrogens with zero attached hydrogens (tertiary/aromatic N) is 3. The molecule has 7 heteroatoms. The number of likely N-dealkylation sites (tertiary alicyclic amines) is 2. The first-order chi connectivity index (χ1) is 13.8. The van der Waals surface area contributed by atoms with E-state index in [0.29, 0.717) is 11.9 Å². The van der Waals surface area contributed by atoms with Crippen molar-refractivity contribution < 1.29 is 4.79 Å². The highest BCUT2D eigenvalue weighted by molar-refractivity contribution is 14.0. The van der Waals surface area contributed by atoms with Crippen molar-refractivity contribution in [3.8, 4) is 0 Å². The maximum Gasteiger partial charge on any atom is 0.225 e. The maximum atomic E-state index is 12.7. The lowest BCUT2D eigenvalue weighted by Crippen LogP contribution is -2.57. The Labute approximate surface area is 201 Å². The van der Waals surface area contributed by atoms with Crippen molar-refractivity contribution in [1.82, 2.24) is 20.4 Å².